The second kappa shape index (κ2) is 2.58. The van der Waals surface area contributed by atoms with Gasteiger partial charge in [-0.25, -0.2) is 0 Å². The van der Waals surface area contributed by atoms with E-state index in [1.165, 1.54) is 0 Å². The first-order valence-corrected chi connectivity index (χ1v) is 4.35. The first-order chi connectivity index (χ1) is 6.13. The summed E-state index contributed by atoms with van der Waals surface area (Å²) in [6.45, 7) is 3.89. The number of carboxylic acids is 1. The fraction of sp³-hybridized carbons (Fsp3) is 0.556. The standard InChI is InChI=1S/C9H12N2O2/c1-4-7(8(4)9(12)13)6-3-10-11-5(6)2/h3-4,7-8H,1-2H3,(H,10,11)(H,12,13). The number of aryl methyl sites for hydroxylation is 1. The zero-order valence-corrected chi connectivity index (χ0v) is 7.61. The first kappa shape index (κ1) is 8.29. The summed E-state index contributed by atoms with van der Waals surface area (Å²) in [5, 5.41) is 15.6. The number of H-pyrrole nitrogens is 1. The average molecular weight is 180 g/mol. The molecule has 0 bridgehead atoms. The molecule has 13 heavy (non-hydrogen) atoms. The normalized spacial score (nSPS) is 31.7. The molecule has 3 unspecified atom stereocenters. The van der Waals surface area contributed by atoms with E-state index in [2.05, 4.69) is 10.2 Å². The van der Waals surface area contributed by atoms with Crippen molar-refractivity contribution in [1.29, 1.82) is 0 Å². The molecule has 0 amide bonds. The molecule has 0 radical (unpaired) electrons. The van der Waals surface area contributed by atoms with Crippen LogP contribution in [0.1, 0.15) is 24.1 Å². The summed E-state index contributed by atoms with van der Waals surface area (Å²) >= 11 is 0. The second-order valence-electron chi connectivity index (χ2n) is 3.70. The molecule has 0 aliphatic heterocycles. The maximum Gasteiger partial charge on any atom is 0.307 e. The number of aliphatic carboxylic acids is 1. The Balaban J connectivity index is 2.22. The third-order valence-corrected chi connectivity index (χ3v) is 2.89. The summed E-state index contributed by atoms with van der Waals surface area (Å²) in [7, 11) is 0. The van der Waals surface area contributed by atoms with Gasteiger partial charge in [-0.2, -0.15) is 5.10 Å². The monoisotopic (exact) mass is 180 g/mol. The predicted octanol–water partition coefficient (Wildman–Crippen LogP) is 1.15. The summed E-state index contributed by atoms with van der Waals surface area (Å²) in [5.74, 6) is -0.501. The van der Waals surface area contributed by atoms with E-state index < -0.39 is 5.97 Å². The molecule has 4 nitrogen and oxygen atoms in total. The lowest BCUT2D eigenvalue weighted by Gasteiger charge is -1.93. The molecule has 0 aromatic carbocycles. The SMILES string of the molecule is Cc1[nH]ncc1C1C(C)C1C(=O)O. The van der Waals surface area contributed by atoms with Gasteiger partial charge >= 0.3 is 5.97 Å². The number of nitrogens with zero attached hydrogens (tertiary/aromatic N) is 1. The number of nitrogens with one attached hydrogen (secondary N) is 1. The van der Waals surface area contributed by atoms with E-state index in [-0.39, 0.29) is 17.8 Å². The van der Waals surface area contributed by atoms with Crippen LogP contribution >= 0.6 is 0 Å². The minimum atomic E-state index is -0.696. The van der Waals surface area contributed by atoms with Crippen molar-refractivity contribution in [3.8, 4) is 0 Å². The largest absolute Gasteiger partial charge is 0.481 e. The topological polar surface area (TPSA) is 66.0 Å². The van der Waals surface area contributed by atoms with Gasteiger partial charge in [0.15, 0.2) is 0 Å². The molecule has 1 aromatic rings. The second-order valence-corrected chi connectivity index (χ2v) is 3.70. The summed E-state index contributed by atoms with van der Waals surface area (Å²) in [5.41, 5.74) is 2.04. The molecular weight excluding hydrogens is 168 g/mol. The van der Waals surface area contributed by atoms with Gasteiger partial charge in [-0.15, -0.1) is 0 Å². The van der Waals surface area contributed by atoms with Crippen LogP contribution in [-0.4, -0.2) is 21.3 Å². The molecule has 1 aliphatic carbocycles. The fourth-order valence-corrected chi connectivity index (χ4v) is 2.01. The van der Waals surface area contributed by atoms with Gasteiger partial charge in [0.05, 0.1) is 12.1 Å². The Morgan fingerprint density at radius 1 is 1.69 bits per heavy atom. The minimum absolute atomic E-state index is 0.163. The van der Waals surface area contributed by atoms with E-state index in [4.69, 9.17) is 5.11 Å². The quantitative estimate of drug-likeness (QED) is 0.717. The van der Waals surface area contributed by atoms with Gasteiger partial charge in [0.25, 0.3) is 0 Å². The van der Waals surface area contributed by atoms with E-state index >= 15 is 0 Å². The van der Waals surface area contributed by atoms with Gasteiger partial charge in [0.1, 0.15) is 0 Å². The zero-order valence-electron chi connectivity index (χ0n) is 7.61. The van der Waals surface area contributed by atoms with Crippen molar-refractivity contribution >= 4 is 5.97 Å². The predicted molar refractivity (Wildman–Crippen MR) is 46.4 cm³/mol. The van der Waals surface area contributed by atoms with Crippen LogP contribution in [0.15, 0.2) is 6.20 Å². The molecule has 0 saturated heterocycles. The Labute approximate surface area is 76.0 Å². The lowest BCUT2D eigenvalue weighted by atomic mass is 10.1. The zero-order chi connectivity index (χ0) is 9.59. The van der Waals surface area contributed by atoms with Crippen LogP contribution in [0.25, 0.3) is 0 Å². The highest BCUT2D eigenvalue weighted by Gasteiger charge is 2.53. The number of carbonyl (C=O) groups is 1. The van der Waals surface area contributed by atoms with Gasteiger partial charge < -0.3 is 5.11 Å². The fourth-order valence-electron chi connectivity index (χ4n) is 2.01. The number of carboxylic acid groups (broad SMARTS) is 1. The maximum absolute atomic E-state index is 10.8. The number of aromatic nitrogens is 2. The van der Waals surface area contributed by atoms with Crippen LogP contribution in [-0.2, 0) is 4.79 Å². The van der Waals surface area contributed by atoms with Gasteiger partial charge in [0.2, 0.25) is 0 Å². The van der Waals surface area contributed by atoms with Crippen molar-refractivity contribution in [3.05, 3.63) is 17.5 Å². The van der Waals surface area contributed by atoms with Gasteiger partial charge in [-0.3, -0.25) is 9.89 Å². The van der Waals surface area contributed by atoms with Crippen LogP contribution in [0.4, 0.5) is 0 Å². The number of hydrogen-bond acceptors (Lipinski definition) is 2. The number of aromatic amines is 1. The highest BCUT2D eigenvalue weighted by Crippen LogP contribution is 2.54. The smallest absolute Gasteiger partial charge is 0.307 e. The van der Waals surface area contributed by atoms with Crippen LogP contribution in [0.2, 0.25) is 0 Å². The minimum Gasteiger partial charge on any atom is -0.481 e. The van der Waals surface area contributed by atoms with E-state index in [0.717, 1.165) is 11.3 Å². The van der Waals surface area contributed by atoms with Crippen molar-refractivity contribution in [2.75, 3.05) is 0 Å². The number of hydrogen-bond donors (Lipinski definition) is 2. The van der Waals surface area contributed by atoms with Gasteiger partial charge in [0, 0.05) is 11.6 Å². The Kier molecular flexibility index (Phi) is 1.65. The molecular formula is C9H12N2O2. The summed E-state index contributed by atoms with van der Waals surface area (Å²) in [6.07, 6.45) is 1.74. The summed E-state index contributed by atoms with van der Waals surface area (Å²) in [4.78, 5) is 10.8. The third kappa shape index (κ3) is 1.13. The average Bonchev–Trinajstić information content (AvgIpc) is 2.51. The van der Waals surface area contributed by atoms with Crippen molar-refractivity contribution in [2.45, 2.75) is 19.8 Å². The summed E-state index contributed by atoms with van der Waals surface area (Å²) in [6, 6.07) is 0. The molecule has 4 heteroatoms. The van der Waals surface area contributed by atoms with Crippen molar-refractivity contribution < 1.29 is 9.90 Å². The maximum atomic E-state index is 10.8. The van der Waals surface area contributed by atoms with Crippen LogP contribution < -0.4 is 0 Å². The molecule has 70 valence electrons. The molecule has 2 N–H and O–H groups in total. The molecule has 1 heterocycles. The molecule has 1 aromatic heterocycles. The molecule has 1 saturated carbocycles. The van der Waals surface area contributed by atoms with Crippen LogP contribution in [0, 0.1) is 18.8 Å². The Bertz CT molecular complexity index is 345. The van der Waals surface area contributed by atoms with E-state index in [9.17, 15) is 4.79 Å². The lowest BCUT2D eigenvalue weighted by Crippen LogP contribution is -1.99. The van der Waals surface area contributed by atoms with Crippen LogP contribution in [0.3, 0.4) is 0 Å². The third-order valence-electron chi connectivity index (χ3n) is 2.89. The Hall–Kier alpha value is -1.32. The van der Waals surface area contributed by atoms with Crippen molar-refractivity contribution in [2.24, 2.45) is 11.8 Å². The highest BCUT2D eigenvalue weighted by molar-refractivity contribution is 5.76. The van der Waals surface area contributed by atoms with Crippen molar-refractivity contribution in [1.82, 2.24) is 10.2 Å². The molecule has 2 rings (SSSR count). The molecule has 3 atom stereocenters. The van der Waals surface area contributed by atoms with E-state index in [1.54, 1.807) is 6.20 Å². The Morgan fingerprint density at radius 3 is 2.77 bits per heavy atom. The number of rotatable bonds is 2. The van der Waals surface area contributed by atoms with Crippen molar-refractivity contribution in [3.63, 3.8) is 0 Å². The first-order valence-electron chi connectivity index (χ1n) is 4.35. The Morgan fingerprint density at radius 2 is 2.38 bits per heavy atom. The summed E-state index contributed by atoms with van der Waals surface area (Å²) < 4.78 is 0. The van der Waals surface area contributed by atoms with E-state index in [0.29, 0.717) is 0 Å². The van der Waals surface area contributed by atoms with E-state index in [1.807, 2.05) is 13.8 Å². The molecule has 1 aliphatic rings. The van der Waals surface area contributed by atoms with Crippen LogP contribution in [0.5, 0.6) is 0 Å². The highest BCUT2D eigenvalue weighted by atomic mass is 16.4. The lowest BCUT2D eigenvalue weighted by molar-refractivity contribution is -0.138. The van der Waals surface area contributed by atoms with Gasteiger partial charge in [-0.05, 0) is 18.4 Å². The molecule has 0 spiro atoms. The van der Waals surface area contributed by atoms with Gasteiger partial charge in [-0.1, -0.05) is 6.92 Å². The molecule has 1 fully saturated rings.